The number of carbonyl (C=O) groups excluding carboxylic acids is 1. The lowest BCUT2D eigenvalue weighted by Gasteiger charge is -2.03. The van der Waals surface area contributed by atoms with Crippen molar-refractivity contribution in [2.24, 2.45) is 0 Å². The largest absolute Gasteiger partial charge is 0.466 e. The standard InChI is InChI=1S/C14H24O2/c1-3-5-7-9-10-12-14(15)16-13-11-8-6-4-2/h3-4H,1-2,5-13H2. The predicted molar refractivity (Wildman–Crippen MR) is 68.3 cm³/mol. The topological polar surface area (TPSA) is 26.3 Å². The van der Waals surface area contributed by atoms with Crippen molar-refractivity contribution >= 4 is 5.97 Å². The lowest BCUT2D eigenvalue weighted by Crippen LogP contribution is -2.05. The SMILES string of the molecule is C=CCCCCCC(=O)OCCCCC=C. The molecule has 0 aromatic rings. The fourth-order valence-electron chi connectivity index (χ4n) is 1.38. The Bertz CT molecular complexity index is 177. The molecule has 0 N–H and O–H groups in total. The van der Waals surface area contributed by atoms with E-state index in [0.29, 0.717) is 13.0 Å². The van der Waals surface area contributed by atoms with Crippen LogP contribution in [0, 0.1) is 0 Å². The van der Waals surface area contributed by atoms with Gasteiger partial charge >= 0.3 is 5.97 Å². The number of unbranched alkanes of at least 4 members (excludes halogenated alkanes) is 5. The zero-order valence-corrected chi connectivity index (χ0v) is 10.2. The molecule has 2 heteroatoms. The van der Waals surface area contributed by atoms with Crippen LogP contribution in [0.4, 0.5) is 0 Å². The van der Waals surface area contributed by atoms with Gasteiger partial charge in [-0.05, 0) is 38.5 Å². The minimum Gasteiger partial charge on any atom is -0.466 e. The third kappa shape index (κ3) is 11.0. The van der Waals surface area contributed by atoms with Gasteiger partial charge < -0.3 is 4.74 Å². The van der Waals surface area contributed by atoms with E-state index in [1.165, 1.54) is 0 Å². The predicted octanol–water partition coefficient (Wildman–Crippen LogP) is 4.02. The summed E-state index contributed by atoms with van der Waals surface area (Å²) in [7, 11) is 0. The number of ether oxygens (including phenoxy) is 1. The average molecular weight is 224 g/mol. The lowest BCUT2D eigenvalue weighted by atomic mass is 10.1. The van der Waals surface area contributed by atoms with Crippen molar-refractivity contribution in [3.05, 3.63) is 25.3 Å². The third-order valence-corrected chi connectivity index (χ3v) is 2.35. The summed E-state index contributed by atoms with van der Waals surface area (Å²) < 4.78 is 5.10. The fraction of sp³-hybridized carbons (Fsp3) is 0.643. The van der Waals surface area contributed by atoms with Crippen LogP contribution in [0.1, 0.15) is 51.4 Å². The molecule has 0 aromatic heterocycles. The van der Waals surface area contributed by atoms with Crippen molar-refractivity contribution < 1.29 is 9.53 Å². The van der Waals surface area contributed by atoms with Crippen molar-refractivity contribution in [1.29, 1.82) is 0 Å². The molecule has 0 aromatic carbocycles. The van der Waals surface area contributed by atoms with Gasteiger partial charge in [0, 0.05) is 6.42 Å². The molecule has 0 bridgehead atoms. The molecule has 0 rings (SSSR count). The van der Waals surface area contributed by atoms with Gasteiger partial charge in [-0.3, -0.25) is 4.79 Å². The third-order valence-electron chi connectivity index (χ3n) is 2.35. The maximum atomic E-state index is 11.2. The second-order valence-electron chi connectivity index (χ2n) is 3.89. The summed E-state index contributed by atoms with van der Waals surface area (Å²) in [5.41, 5.74) is 0. The summed E-state index contributed by atoms with van der Waals surface area (Å²) in [6.45, 7) is 7.86. The van der Waals surface area contributed by atoms with E-state index in [-0.39, 0.29) is 5.97 Å². The van der Waals surface area contributed by atoms with Gasteiger partial charge in [0.25, 0.3) is 0 Å². The molecule has 0 spiro atoms. The van der Waals surface area contributed by atoms with Crippen molar-refractivity contribution in [1.82, 2.24) is 0 Å². The van der Waals surface area contributed by atoms with Crippen LogP contribution in [0.25, 0.3) is 0 Å². The van der Waals surface area contributed by atoms with E-state index in [2.05, 4.69) is 13.2 Å². The minimum atomic E-state index is -0.0581. The molecular weight excluding hydrogens is 200 g/mol. The van der Waals surface area contributed by atoms with Crippen LogP contribution in [-0.2, 0) is 9.53 Å². The quantitative estimate of drug-likeness (QED) is 0.301. The smallest absolute Gasteiger partial charge is 0.305 e. The molecule has 92 valence electrons. The molecular formula is C14H24O2. The second-order valence-corrected chi connectivity index (χ2v) is 3.89. The van der Waals surface area contributed by atoms with Crippen LogP contribution < -0.4 is 0 Å². The van der Waals surface area contributed by atoms with Crippen LogP contribution in [0.5, 0.6) is 0 Å². The first-order chi connectivity index (χ1) is 7.81. The summed E-state index contributed by atoms with van der Waals surface area (Å²) in [5, 5.41) is 0. The first-order valence-electron chi connectivity index (χ1n) is 6.18. The first kappa shape index (κ1) is 14.9. The molecule has 0 heterocycles. The van der Waals surface area contributed by atoms with Gasteiger partial charge in [0.05, 0.1) is 6.61 Å². The van der Waals surface area contributed by atoms with Crippen molar-refractivity contribution in [2.75, 3.05) is 6.61 Å². The maximum Gasteiger partial charge on any atom is 0.305 e. The molecule has 0 aliphatic carbocycles. The highest BCUT2D eigenvalue weighted by atomic mass is 16.5. The summed E-state index contributed by atoms with van der Waals surface area (Å²) in [6.07, 6.45) is 11.5. The van der Waals surface area contributed by atoms with Crippen LogP contribution in [0.15, 0.2) is 25.3 Å². The maximum absolute atomic E-state index is 11.2. The van der Waals surface area contributed by atoms with E-state index < -0.39 is 0 Å². The van der Waals surface area contributed by atoms with Gasteiger partial charge in [-0.2, -0.15) is 0 Å². The molecule has 0 atom stereocenters. The normalized spacial score (nSPS) is 9.75. The number of rotatable bonds is 11. The number of esters is 1. The van der Waals surface area contributed by atoms with Gasteiger partial charge in [-0.15, -0.1) is 13.2 Å². The fourth-order valence-corrected chi connectivity index (χ4v) is 1.38. The van der Waals surface area contributed by atoms with E-state index in [4.69, 9.17) is 4.74 Å². The number of carbonyl (C=O) groups is 1. The summed E-state index contributed by atoms with van der Waals surface area (Å²) in [6, 6.07) is 0. The second kappa shape index (κ2) is 12.0. The molecule has 0 saturated carbocycles. The van der Waals surface area contributed by atoms with Gasteiger partial charge in [0.1, 0.15) is 0 Å². The van der Waals surface area contributed by atoms with E-state index in [0.717, 1.165) is 44.9 Å². The minimum absolute atomic E-state index is 0.0581. The number of hydrogen-bond acceptors (Lipinski definition) is 2. The van der Waals surface area contributed by atoms with Crippen molar-refractivity contribution in [3.63, 3.8) is 0 Å². The van der Waals surface area contributed by atoms with E-state index in [1.54, 1.807) is 0 Å². The molecule has 0 fully saturated rings. The highest BCUT2D eigenvalue weighted by Gasteiger charge is 2.01. The van der Waals surface area contributed by atoms with Crippen molar-refractivity contribution in [2.45, 2.75) is 51.4 Å². The van der Waals surface area contributed by atoms with Crippen molar-refractivity contribution in [3.8, 4) is 0 Å². The Hall–Kier alpha value is -1.05. The number of hydrogen-bond donors (Lipinski definition) is 0. The van der Waals surface area contributed by atoms with E-state index >= 15 is 0 Å². The lowest BCUT2D eigenvalue weighted by molar-refractivity contribution is -0.143. The Balaban J connectivity index is 3.18. The molecule has 0 radical (unpaired) electrons. The Morgan fingerprint density at radius 2 is 1.56 bits per heavy atom. The molecule has 16 heavy (non-hydrogen) atoms. The molecule has 0 saturated heterocycles. The average Bonchev–Trinajstić information content (AvgIpc) is 2.28. The zero-order chi connectivity index (χ0) is 12.1. The molecule has 0 aliphatic heterocycles. The van der Waals surface area contributed by atoms with Crippen LogP contribution in [0.2, 0.25) is 0 Å². The Labute approximate surface area is 99.4 Å². The van der Waals surface area contributed by atoms with Gasteiger partial charge in [0.2, 0.25) is 0 Å². The Kier molecular flexibility index (Phi) is 11.2. The van der Waals surface area contributed by atoms with Gasteiger partial charge in [0.15, 0.2) is 0 Å². The first-order valence-corrected chi connectivity index (χ1v) is 6.18. The molecule has 0 unspecified atom stereocenters. The van der Waals surface area contributed by atoms with Crippen LogP contribution >= 0.6 is 0 Å². The van der Waals surface area contributed by atoms with Crippen LogP contribution in [-0.4, -0.2) is 12.6 Å². The number of allylic oxidation sites excluding steroid dienone is 2. The van der Waals surface area contributed by atoms with Gasteiger partial charge in [-0.1, -0.05) is 18.6 Å². The molecule has 0 amide bonds. The molecule has 0 aliphatic rings. The summed E-state index contributed by atoms with van der Waals surface area (Å²) >= 11 is 0. The zero-order valence-electron chi connectivity index (χ0n) is 10.2. The highest BCUT2D eigenvalue weighted by molar-refractivity contribution is 5.69. The Morgan fingerprint density at radius 1 is 0.938 bits per heavy atom. The highest BCUT2D eigenvalue weighted by Crippen LogP contribution is 2.05. The summed E-state index contributed by atoms with van der Waals surface area (Å²) in [5.74, 6) is -0.0581. The summed E-state index contributed by atoms with van der Waals surface area (Å²) in [4.78, 5) is 11.2. The monoisotopic (exact) mass is 224 g/mol. The molecule has 2 nitrogen and oxygen atoms in total. The van der Waals surface area contributed by atoms with E-state index in [1.807, 2.05) is 12.2 Å². The van der Waals surface area contributed by atoms with Crippen LogP contribution in [0.3, 0.4) is 0 Å². The van der Waals surface area contributed by atoms with Gasteiger partial charge in [-0.25, -0.2) is 0 Å². The Morgan fingerprint density at radius 3 is 2.19 bits per heavy atom. The van der Waals surface area contributed by atoms with E-state index in [9.17, 15) is 4.79 Å².